The summed E-state index contributed by atoms with van der Waals surface area (Å²) in [7, 11) is 0. The van der Waals surface area contributed by atoms with Crippen LogP contribution in [0.3, 0.4) is 0 Å². The smallest absolute Gasteiger partial charge is 0.274 e. The van der Waals surface area contributed by atoms with Crippen LogP contribution in [0.1, 0.15) is 54.1 Å². The Morgan fingerprint density at radius 2 is 1.79 bits per heavy atom. The van der Waals surface area contributed by atoms with E-state index >= 15 is 0 Å². The Morgan fingerprint density at radius 3 is 2.39 bits per heavy atom. The fraction of sp³-hybridized carbons (Fsp3) is 0.409. The van der Waals surface area contributed by atoms with E-state index in [1.807, 2.05) is 32.9 Å². The number of aryl methyl sites for hydroxylation is 1. The number of pyridine rings is 1. The van der Waals surface area contributed by atoms with Crippen LogP contribution >= 0.6 is 0 Å². The molecule has 1 aromatic carbocycles. The Morgan fingerprint density at radius 1 is 1.07 bits per heavy atom. The van der Waals surface area contributed by atoms with Crippen LogP contribution < -0.4 is 15.5 Å². The zero-order valence-electron chi connectivity index (χ0n) is 17.4. The number of anilines is 2. The molecule has 0 spiro atoms. The number of amides is 2. The van der Waals surface area contributed by atoms with Gasteiger partial charge in [0.1, 0.15) is 5.69 Å². The molecule has 1 heterocycles. The first-order chi connectivity index (χ1) is 13.3. The summed E-state index contributed by atoms with van der Waals surface area (Å²) in [5, 5.41) is 5.74. The van der Waals surface area contributed by atoms with Crippen molar-refractivity contribution in [2.45, 2.75) is 34.6 Å². The molecule has 2 rings (SSSR count). The van der Waals surface area contributed by atoms with Crippen molar-refractivity contribution in [3.63, 3.8) is 0 Å². The third-order valence-corrected chi connectivity index (χ3v) is 4.51. The second-order valence-electron chi connectivity index (χ2n) is 7.16. The van der Waals surface area contributed by atoms with Gasteiger partial charge in [0, 0.05) is 42.8 Å². The molecule has 1 aromatic heterocycles. The molecule has 28 heavy (non-hydrogen) atoms. The van der Waals surface area contributed by atoms with Gasteiger partial charge in [-0.2, -0.15) is 0 Å². The van der Waals surface area contributed by atoms with E-state index in [0.29, 0.717) is 18.0 Å². The number of carbonyl (C=O) groups excluding carboxylic acids is 2. The molecule has 0 radical (unpaired) electrons. The molecule has 6 nitrogen and oxygen atoms in total. The Labute approximate surface area is 167 Å². The van der Waals surface area contributed by atoms with E-state index < -0.39 is 0 Å². The highest BCUT2D eigenvalue weighted by Crippen LogP contribution is 2.23. The lowest BCUT2D eigenvalue weighted by Gasteiger charge is -2.22. The van der Waals surface area contributed by atoms with E-state index in [0.717, 1.165) is 30.0 Å². The van der Waals surface area contributed by atoms with E-state index in [4.69, 9.17) is 0 Å². The Balaban J connectivity index is 2.13. The quantitative estimate of drug-likeness (QED) is 0.727. The minimum atomic E-state index is -0.336. The summed E-state index contributed by atoms with van der Waals surface area (Å²) in [4.78, 5) is 31.2. The Kier molecular flexibility index (Phi) is 7.55. The van der Waals surface area contributed by atoms with Crippen molar-refractivity contribution in [3.8, 4) is 0 Å². The molecular formula is C22H30N4O2. The van der Waals surface area contributed by atoms with Crippen molar-refractivity contribution in [2.24, 2.45) is 5.92 Å². The first-order valence-corrected chi connectivity index (χ1v) is 9.76. The van der Waals surface area contributed by atoms with Gasteiger partial charge in [-0.15, -0.1) is 0 Å². The number of nitrogens with one attached hydrogen (secondary N) is 2. The van der Waals surface area contributed by atoms with Gasteiger partial charge >= 0.3 is 0 Å². The van der Waals surface area contributed by atoms with Crippen LogP contribution in [0.5, 0.6) is 0 Å². The van der Waals surface area contributed by atoms with Crippen LogP contribution in [-0.4, -0.2) is 36.4 Å². The molecule has 0 fully saturated rings. The van der Waals surface area contributed by atoms with E-state index in [1.165, 1.54) is 12.3 Å². The van der Waals surface area contributed by atoms with Crippen molar-refractivity contribution in [3.05, 3.63) is 53.3 Å². The van der Waals surface area contributed by atoms with Crippen LogP contribution in [0.25, 0.3) is 0 Å². The molecule has 0 bridgehead atoms. The second-order valence-corrected chi connectivity index (χ2v) is 7.16. The summed E-state index contributed by atoms with van der Waals surface area (Å²) in [6.45, 7) is 12.7. The van der Waals surface area contributed by atoms with Gasteiger partial charge in [-0.1, -0.05) is 13.8 Å². The molecule has 6 heteroatoms. The lowest BCUT2D eigenvalue weighted by atomic mass is 10.1. The van der Waals surface area contributed by atoms with Crippen molar-refractivity contribution < 1.29 is 9.59 Å². The van der Waals surface area contributed by atoms with E-state index in [2.05, 4.69) is 40.4 Å². The lowest BCUT2D eigenvalue weighted by Crippen LogP contribution is -2.27. The molecule has 0 aliphatic carbocycles. The zero-order valence-corrected chi connectivity index (χ0v) is 17.4. The predicted molar refractivity (Wildman–Crippen MR) is 114 cm³/mol. The molecule has 150 valence electrons. The summed E-state index contributed by atoms with van der Waals surface area (Å²) in [5.74, 6) is -0.182. The summed E-state index contributed by atoms with van der Waals surface area (Å²) in [6, 6.07) is 9.09. The highest BCUT2D eigenvalue weighted by atomic mass is 16.2. The average Bonchev–Trinajstić information content (AvgIpc) is 2.69. The van der Waals surface area contributed by atoms with Crippen LogP contribution in [-0.2, 0) is 0 Å². The summed E-state index contributed by atoms with van der Waals surface area (Å²) in [6.07, 6.45) is 1.48. The van der Waals surface area contributed by atoms with Gasteiger partial charge < -0.3 is 15.5 Å². The predicted octanol–water partition coefficient (Wildman–Crippen LogP) is 3.87. The van der Waals surface area contributed by atoms with Gasteiger partial charge in [0.2, 0.25) is 0 Å². The molecule has 0 saturated heterocycles. The number of hydrogen-bond donors (Lipinski definition) is 2. The molecule has 0 unspecified atom stereocenters. The Bertz CT molecular complexity index is 829. The molecule has 0 atom stereocenters. The number of nitrogens with zero attached hydrogens (tertiary/aromatic N) is 2. The van der Waals surface area contributed by atoms with Crippen LogP contribution in [0, 0.1) is 12.8 Å². The van der Waals surface area contributed by atoms with Gasteiger partial charge in [0.25, 0.3) is 11.8 Å². The van der Waals surface area contributed by atoms with Gasteiger partial charge in [-0.05, 0) is 62.6 Å². The molecule has 0 saturated carbocycles. The molecular weight excluding hydrogens is 352 g/mol. The van der Waals surface area contributed by atoms with Crippen molar-refractivity contribution in [1.29, 1.82) is 0 Å². The number of hydrogen-bond acceptors (Lipinski definition) is 4. The SMILES string of the molecule is CCN(CC)c1ccc(NC(=O)c2cc(C(=O)NCC(C)C)ccn2)c(C)c1. The standard InChI is InChI=1S/C22H30N4O2/c1-6-26(7-2)18-8-9-19(16(5)12-18)25-22(28)20-13-17(10-11-23-20)21(27)24-14-15(3)4/h8-13,15H,6-7,14H2,1-5H3,(H,24,27)(H,25,28). The van der Waals surface area contributed by atoms with Gasteiger partial charge in [0.05, 0.1) is 0 Å². The largest absolute Gasteiger partial charge is 0.372 e. The van der Waals surface area contributed by atoms with Crippen LogP contribution in [0.15, 0.2) is 36.5 Å². The normalized spacial score (nSPS) is 10.6. The van der Waals surface area contributed by atoms with Gasteiger partial charge in [0.15, 0.2) is 0 Å². The third kappa shape index (κ3) is 5.55. The van der Waals surface area contributed by atoms with Crippen molar-refractivity contribution in [1.82, 2.24) is 10.3 Å². The number of carbonyl (C=O) groups is 2. The van der Waals surface area contributed by atoms with E-state index in [-0.39, 0.29) is 17.5 Å². The van der Waals surface area contributed by atoms with Crippen LogP contribution in [0.4, 0.5) is 11.4 Å². The molecule has 0 aliphatic rings. The first kappa shape index (κ1) is 21.4. The second kappa shape index (κ2) is 9.88. The van der Waals surface area contributed by atoms with Crippen LogP contribution in [0.2, 0.25) is 0 Å². The third-order valence-electron chi connectivity index (χ3n) is 4.51. The maximum absolute atomic E-state index is 12.6. The number of aromatic nitrogens is 1. The lowest BCUT2D eigenvalue weighted by molar-refractivity contribution is 0.0949. The van der Waals surface area contributed by atoms with E-state index in [1.54, 1.807) is 6.07 Å². The van der Waals surface area contributed by atoms with Crippen molar-refractivity contribution >= 4 is 23.2 Å². The fourth-order valence-corrected chi connectivity index (χ4v) is 2.85. The Hall–Kier alpha value is -2.89. The number of rotatable bonds is 8. The van der Waals surface area contributed by atoms with Gasteiger partial charge in [-0.3, -0.25) is 14.6 Å². The topological polar surface area (TPSA) is 74.3 Å². The maximum Gasteiger partial charge on any atom is 0.274 e. The minimum Gasteiger partial charge on any atom is -0.372 e. The highest BCUT2D eigenvalue weighted by molar-refractivity contribution is 6.05. The molecule has 2 N–H and O–H groups in total. The maximum atomic E-state index is 12.6. The molecule has 0 aliphatic heterocycles. The first-order valence-electron chi connectivity index (χ1n) is 9.76. The van der Waals surface area contributed by atoms with Gasteiger partial charge in [-0.25, -0.2) is 0 Å². The summed E-state index contributed by atoms with van der Waals surface area (Å²) < 4.78 is 0. The number of benzene rings is 1. The average molecular weight is 383 g/mol. The zero-order chi connectivity index (χ0) is 20.7. The van der Waals surface area contributed by atoms with E-state index in [9.17, 15) is 9.59 Å². The molecule has 2 aromatic rings. The summed E-state index contributed by atoms with van der Waals surface area (Å²) in [5.41, 5.74) is 3.47. The highest BCUT2D eigenvalue weighted by Gasteiger charge is 2.14. The molecule has 2 amide bonds. The minimum absolute atomic E-state index is 0.204. The summed E-state index contributed by atoms with van der Waals surface area (Å²) >= 11 is 0. The van der Waals surface area contributed by atoms with Crippen molar-refractivity contribution in [2.75, 3.05) is 29.9 Å². The fourth-order valence-electron chi connectivity index (χ4n) is 2.85. The monoisotopic (exact) mass is 382 g/mol.